The first kappa shape index (κ1) is 15.4. The van der Waals surface area contributed by atoms with E-state index >= 15 is 0 Å². The predicted octanol–water partition coefficient (Wildman–Crippen LogP) is -0.395. The highest BCUT2D eigenvalue weighted by Gasteiger charge is 2.28. The number of carboxylic acid groups (broad SMARTS) is 1. The lowest BCUT2D eigenvalue weighted by Gasteiger charge is -2.34. The number of nitrogens with zero attached hydrogens (tertiary/aromatic N) is 1. The zero-order chi connectivity index (χ0) is 14.3. The lowest BCUT2D eigenvalue weighted by molar-refractivity contribution is -0.146. The van der Waals surface area contributed by atoms with Crippen LogP contribution in [0.3, 0.4) is 0 Å². The number of carbonyl (C=O) groups excluding carboxylic acids is 2. The molecule has 0 spiro atoms. The Balaban J connectivity index is 2.47. The van der Waals surface area contributed by atoms with Gasteiger partial charge in [0.15, 0.2) is 0 Å². The quantitative estimate of drug-likeness (QED) is 0.686. The molecule has 7 heteroatoms. The minimum atomic E-state index is -0.969. The molecule has 1 aliphatic rings. The van der Waals surface area contributed by atoms with Gasteiger partial charge in [0, 0.05) is 13.0 Å². The first-order valence-corrected chi connectivity index (χ1v) is 6.40. The van der Waals surface area contributed by atoms with Gasteiger partial charge in [-0.15, -0.1) is 0 Å². The van der Waals surface area contributed by atoms with Gasteiger partial charge in [-0.2, -0.15) is 0 Å². The zero-order valence-corrected chi connectivity index (χ0v) is 11.1. The number of carbonyl (C=O) groups is 3. The fraction of sp³-hybridized carbons (Fsp3) is 0.750. The molecule has 1 heterocycles. The van der Waals surface area contributed by atoms with E-state index in [0.717, 1.165) is 6.42 Å². The van der Waals surface area contributed by atoms with Gasteiger partial charge < -0.3 is 20.1 Å². The van der Waals surface area contributed by atoms with Crippen molar-refractivity contribution < 1.29 is 24.2 Å². The molecule has 0 aliphatic carbocycles. The second-order valence-corrected chi connectivity index (χ2v) is 4.44. The highest BCUT2D eigenvalue weighted by Crippen LogP contribution is 2.10. The summed E-state index contributed by atoms with van der Waals surface area (Å²) in [5.41, 5.74) is 0. The molecule has 1 fully saturated rings. The lowest BCUT2D eigenvalue weighted by Crippen LogP contribution is -2.52. The molecule has 2 N–H and O–H groups in total. The normalized spacial score (nSPS) is 19.0. The average Bonchev–Trinajstić information content (AvgIpc) is 2.36. The molecule has 1 rings (SSSR count). The third-order valence-corrected chi connectivity index (χ3v) is 2.87. The highest BCUT2D eigenvalue weighted by atomic mass is 16.5. The van der Waals surface area contributed by atoms with Crippen LogP contribution in [0, 0.1) is 0 Å². The Morgan fingerprint density at radius 1 is 1.42 bits per heavy atom. The van der Waals surface area contributed by atoms with Crippen LogP contribution in [0.15, 0.2) is 0 Å². The van der Waals surface area contributed by atoms with E-state index in [0.29, 0.717) is 19.6 Å². The van der Waals surface area contributed by atoms with Crippen LogP contribution in [0.4, 0.5) is 0 Å². The molecule has 0 aromatic carbocycles. The molecule has 108 valence electrons. The van der Waals surface area contributed by atoms with Gasteiger partial charge in [-0.1, -0.05) is 6.92 Å². The minimum absolute atomic E-state index is 0.0883. The second-order valence-electron chi connectivity index (χ2n) is 4.44. The number of nitrogens with one attached hydrogen (secondary N) is 1. The first-order valence-electron chi connectivity index (χ1n) is 6.40. The molecule has 1 atom stereocenters. The monoisotopic (exact) mass is 272 g/mol. The highest BCUT2D eigenvalue weighted by molar-refractivity contribution is 5.85. The molecule has 0 radical (unpaired) electrons. The number of amides is 2. The average molecular weight is 272 g/mol. The molecule has 1 aliphatic heterocycles. The number of morpholine rings is 1. The Labute approximate surface area is 111 Å². The van der Waals surface area contributed by atoms with Crippen LogP contribution in [0.1, 0.15) is 26.2 Å². The summed E-state index contributed by atoms with van der Waals surface area (Å²) in [4.78, 5) is 35.5. The lowest BCUT2D eigenvalue weighted by atomic mass is 10.1. The maximum Gasteiger partial charge on any atom is 0.305 e. The molecule has 0 aromatic rings. The number of aliphatic carboxylic acids is 1. The molecule has 0 saturated carbocycles. The molecule has 0 bridgehead atoms. The number of hydrogen-bond donors (Lipinski definition) is 2. The van der Waals surface area contributed by atoms with Crippen LogP contribution in [0.5, 0.6) is 0 Å². The SMILES string of the molecule is CCCC(=O)NCC(=O)N1CCOCC1CC(=O)O. The Morgan fingerprint density at radius 2 is 2.16 bits per heavy atom. The maximum atomic E-state index is 12.0. The smallest absolute Gasteiger partial charge is 0.305 e. The van der Waals surface area contributed by atoms with E-state index in [2.05, 4.69) is 5.32 Å². The van der Waals surface area contributed by atoms with Crippen molar-refractivity contribution in [2.45, 2.75) is 32.2 Å². The molecule has 1 saturated heterocycles. The number of rotatable bonds is 6. The van der Waals surface area contributed by atoms with Crippen molar-refractivity contribution in [2.75, 3.05) is 26.3 Å². The second kappa shape index (κ2) is 7.73. The molecule has 7 nitrogen and oxygen atoms in total. The fourth-order valence-electron chi connectivity index (χ4n) is 1.95. The van der Waals surface area contributed by atoms with Crippen LogP contribution in [-0.2, 0) is 19.1 Å². The van der Waals surface area contributed by atoms with Gasteiger partial charge in [0.1, 0.15) is 0 Å². The summed E-state index contributed by atoms with van der Waals surface area (Å²) >= 11 is 0. The molecule has 1 unspecified atom stereocenters. The van der Waals surface area contributed by atoms with Crippen molar-refractivity contribution in [3.05, 3.63) is 0 Å². The molecule has 19 heavy (non-hydrogen) atoms. The first-order chi connectivity index (χ1) is 9.04. The molecular formula is C12H20N2O5. The third-order valence-electron chi connectivity index (χ3n) is 2.87. The third kappa shape index (κ3) is 5.25. The molecular weight excluding hydrogens is 252 g/mol. The van der Waals surface area contributed by atoms with Crippen LogP contribution in [0.25, 0.3) is 0 Å². The van der Waals surface area contributed by atoms with E-state index in [9.17, 15) is 14.4 Å². The topological polar surface area (TPSA) is 95.9 Å². The summed E-state index contributed by atoms with van der Waals surface area (Å²) in [6.45, 7) is 2.77. The van der Waals surface area contributed by atoms with Crippen molar-refractivity contribution in [3.8, 4) is 0 Å². The van der Waals surface area contributed by atoms with Crippen molar-refractivity contribution in [1.29, 1.82) is 0 Å². The van der Waals surface area contributed by atoms with E-state index in [1.807, 2.05) is 6.92 Å². The van der Waals surface area contributed by atoms with Gasteiger partial charge >= 0.3 is 5.97 Å². The summed E-state index contributed by atoms with van der Waals surface area (Å²) in [7, 11) is 0. The summed E-state index contributed by atoms with van der Waals surface area (Å²) in [6, 6.07) is -0.457. The minimum Gasteiger partial charge on any atom is -0.481 e. The summed E-state index contributed by atoms with van der Waals surface area (Å²) in [6.07, 6.45) is 0.961. The van der Waals surface area contributed by atoms with Crippen molar-refractivity contribution in [1.82, 2.24) is 10.2 Å². The standard InChI is InChI=1S/C12H20N2O5/c1-2-3-10(15)13-7-11(16)14-4-5-19-8-9(14)6-12(17)18/h9H,2-8H2,1H3,(H,13,15)(H,17,18). The van der Waals surface area contributed by atoms with Gasteiger partial charge in [-0.25, -0.2) is 0 Å². The fourth-order valence-corrected chi connectivity index (χ4v) is 1.95. The number of carboxylic acids is 1. The van der Waals surface area contributed by atoms with Crippen LogP contribution in [0.2, 0.25) is 0 Å². The van der Waals surface area contributed by atoms with Gasteiger partial charge in [-0.3, -0.25) is 14.4 Å². The number of hydrogen-bond acceptors (Lipinski definition) is 4. The Bertz CT molecular complexity index is 345. The van der Waals surface area contributed by atoms with Gasteiger partial charge in [0.05, 0.1) is 32.2 Å². The molecule has 0 aromatic heterocycles. The summed E-state index contributed by atoms with van der Waals surface area (Å²) in [5.74, 6) is -1.40. The van der Waals surface area contributed by atoms with E-state index in [-0.39, 0.29) is 31.4 Å². The van der Waals surface area contributed by atoms with E-state index < -0.39 is 12.0 Å². The number of ether oxygens (including phenoxy) is 1. The van der Waals surface area contributed by atoms with Gasteiger partial charge in [-0.05, 0) is 6.42 Å². The maximum absolute atomic E-state index is 12.0. The van der Waals surface area contributed by atoms with Crippen LogP contribution < -0.4 is 5.32 Å². The predicted molar refractivity (Wildman–Crippen MR) is 66.5 cm³/mol. The largest absolute Gasteiger partial charge is 0.481 e. The Morgan fingerprint density at radius 3 is 2.79 bits per heavy atom. The summed E-state index contributed by atoms with van der Waals surface area (Å²) in [5, 5.41) is 11.3. The van der Waals surface area contributed by atoms with Crippen molar-refractivity contribution in [3.63, 3.8) is 0 Å². The van der Waals surface area contributed by atoms with Crippen LogP contribution >= 0.6 is 0 Å². The van der Waals surface area contributed by atoms with E-state index in [1.165, 1.54) is 4.90 Å². The van der Waals surface area contributed by atoms with Gasteiger partial charge in [0.25, 0.3) is 0 Å². The van der Waals surface area contributed by atoms with E-state index in [4.69, 9.17) is 9.84 Å². The molecule has 2 amide bonds. The zero-order valence-electron chi connectivity index (χ0n) is 11.1. The van der Waals surface area contributed by atoms with E-state index in [1.54, 1.807) is 0 Å². The Kier molecular flexibility index (Phi) is 6.27. The summed E-state index contributed by atoms with van der Waals surface area (Å²) < 4.78 is 5.18. The Hall–Kier alpha value is -1.63. The van der Waals surface area contributed by atoms with Crippen LogP contribution in [-0.4, -0.2) is 60.1 Å². The van der Waals surface area contributed by atoms with Gasteiger partial charge in [0.2, 0.25) is 11.8 Å². The van der Waals surface area contributed by atoms with Crippen molar-refractivity contribution in [2.24, 2.45) is 0 Å². The van der Waals surface area contributed by atoms with Crippen molar-refractivity contribution >= 4 is 17.8 Å².